The molecule has 0 saturated carbocycles. The monoisotopic (exact) mass is 376 g/mol. The maximum atomic E-state index is 9.67. The van der Waals surface area contributed by atoms with Crippen LogP contribution in [0.15, 0.2) is 0 Å². The highest BCUT2D eigenvalue weighted by Crippen LogP contribution is 2.14. The van der Waals surface area contributed by atoms with Crippen LogP contribution in [0.2, 0.25) is 0 Å². The maximum absolute atomic E-state index is 9.67. The Morgan fingerprint density at radius 1 is 0.680 bits per heavy atom. The van der Waals surface area contributed by atoms with Gasteiger partial charge in [0.2, 0.25) is 0 Å². The van der Waals surface area contributed by atoms with Gasteiger partial charge in [0.25, 0.3) is 0 Å². The van der Waals surface area contributed by atoms with Crippen molar-refractivity contribution in [2.75, 3.05) is 33.1 Å². The summed E-state index contributed by atoms with van der Waals surface area (Å²) >= 11 is 5.70. The summed E-state index contributed by atoms with van der Waals surface area (Å²) < 4.78 is 0.881. The van der Waals surface area contributed by atoms with E-state index in [0.29, 0.717) is 5.88 Å². The average molecular weight is 377 g/mol. The van der Waals surface area contributed by atoms with Crippen molar-refractivity contribution in [2.45, 2.75) is 109 Å². The van der Waals surface area contributed by atoms with Gasteiger partial charge in [0.05, 0.1) is 26.5 Å². The molecule has 0 saturated heterocycles. The van der Waals surface area contributed by atoms with E-state index in [-0.39, 0.29) is 6.10 Å². The number of quaternary nitrogens is 1. The number of nitrogens with zero attached hydrogens (tertiary/aromatic N) is 1. The van der Waals surface area contributed by atoms with Gasteiger partial charge in [-0.15, -0.1) is 11.6 Å². The molecule has 3 heteroatoms. The molecule has 0 aromatic rings. The Morgan fingerprint density at radius 2 is 1.04 bits per heavy atom. The number of unbranched alkanes of at least 4 members (excludes halogenated alkanes) is 14. The van der Waals surface area contributed by atoms with E-state index >= 15 is 0 Å². The first kappa shape index (κ1) is 25.2. The fraction of sp³-hybridized carbons (Fsp3) is 1.00. The first-order valence-electron chi connectivity index (χ1n) is 11.1. The number of aliphatic hydroxyl groups is 1. The third-order valence-electron chi connectivity index (χ3n) is 5.25. The molecule has 0 fully saturated rings. The Morgan fingerprint density at radius 3 is 1.40 bits per heavy atom. The molecule has 0 aliphatic carbocycles. The van der Waals surface area contributed by atoms with Gasteiger partial charge in [0.15, 0.2) is 0 Å². The van der Waals surface area contributed by atoms with Gasteiger partial charge < -0.3 is 9.59 Å². The number of aliphatic hydroxyl groups excluding tert-OH is 1. The van der Waals surface area contributed by atoms with Crippen molar-refractivity contribution in [3.8, 4) is 0 Å². The lowest BCUT2D eigenvalue weighted by molar-refractivity contribution is -0.893. The maximum Gasteiger partial charge on any atom is 0.116 e. The quantitative estimate of drug-likeness (QED) is 0.154. The van der Waals surface area contributed by atoms with Crippen molar-refractivity contribution in [2.24, 2.45) is 0 Å². The van der Waals surface area contributed by atoms with Crippen molar-refractivity contribution in [1.82, 2.24) is 0 Å². The number of alkyl halides is 1. The summed E-state index contributed by atoms with van der Waals surface area (Å²) in [4.78, 5) is 0. The minimum Gasteiger partial charge on any atom is -0.386 e. The Bertz CT molecular complexity index is 271. The third-order valence-corrected chi connectivity index (χ3v) is 5.61. The van der Waals surface area contributed by atoms with Crippen molar-refractivity contribution >= 4 is 11.6 Å². The zero-order valence-electron chi connectivity index (χ0n) is 17.6. The van der Waals surface area contributed by atoms with Crippen LogP contribution in [-0.2, 0) is 0 Å². The van der Waals surface area contributed by atoms with E-state index in [9.17, 15) is 5.11 Å². The molecule has 0 aliphatic rings. The van der Waals surface area contributed by atoms with Crippen LogP contribution in [0.3, 0.4) is 0 Å². The summed E-state index contributed by atoms with van der Waals surface area (Å²) in [5, 5.41) is 9.67. The Labute approximate surface area is 163 Å². The van der Waals surface area contributed by atoms with Crippen molar-refractivity contribution in [3.63, 3.8) is 0 Å². The highest BCUT2D eigenvalue weighted by Gasteiger charge is 2.19. The highest BCUT2D eigenvalue weighted by molar-refractivity contribution is 6.18. The van der Waals surface area contributed by atoms with Crippen molar-refractivity contribution in [3.05, 3.63) is 0 Å². The van der Waals surface area contributed by atoms with Crippen LogP contribution in [0, 0.1) is 0 Å². The molecular weight excluding hydrogens is 330 g/mol. The Balaban J connectivity index is 3.23. The molecule has 0 heterocycles. The minimum absolute atomic E-state index is 0.348. The van der Waals surface area contributed by atoms with Gasteiger partial charge in [-0.25, -0.2) is 0 Å². The summed E-state index contributed by atoms with van der Waals surface area (Å²) in [6, 6.07) is 0. The topological polar surface area (TPSA) is 20.2 Å². The summed E-state index contributed by atoms with van der Waals surface area (Å²) in [7, 11) is 4.39. The lowest BCUT2D eigenvalue weighted by atomic mass is 10.0. The lowest BCUT2D eigenvalue weighted by Crippen LogP contribution is -2.46. The number of rotatable bonds is 19. The van der Waals surface area contributed by atoms with E-state index in [0.717, 1.165) is 17.6 Å². The largest absolute Gasteiger partial charge is 0.386 e. The van der Waals surface area contributed by atoms with E-state index in [4.69, 9.17) is 11.6 Å². The predicted molar refractivity (Wildman–Crippen MR) is 113 cm³/mol. The second-order valence-corrected chi connectivity index (χ2v) is 8.91. The number of halogens is 1. The van der Waals surface area contributed by atoms with Crippen LogP contribution in [0.25, 0.3) is 0 Å². The Kier molecular flexibility index (Phi) is 17.8. The summed E-state index contributed by atoms with van der Waals surface area (Å²) in [5.74, 6) is 0.348. The summed E-state index contributed by atoms with van der Waals surface area (Å²) in [6.45, 7) is 4.20. The summed E-state index contributed by atoms with van der Waals surface area (Å²) in [6.07, 6.45) is 20.8. The van der Waals surface area contributed by atoms with Crippen LogP contribution < -0.4 is 0 Å². The molecule has 0 rings (SSSR count). The first-order valence-corrected chi connectivity index (χ1v) is 11.6. The first-order chi connectivity index (χ1) is 12.0. The second-order valence-electron chi connectivity index (χ2n) is 8.60. The normalized spacial score (nSPS) is 13.3. The van der Waals surface area contributed by atoms with Gasteiger partial charge in [0.1, 0.15) is 12.6 Å². The SMILES string of the molecule is CCCCCCCCCCCCCCCCC[N+](C)(C)CC(O)CCl. The number of hydrogen-bond donors (Lipinski definition) is 1. The molecule has 0 radical (unpaired) electrons. The zero-order valence-corrected chi connectivity index (χ0v) is 18.3. The van der Waals surface area contributed by atoms with Crippen LogP contribution in [0.1, 0.15) is 103 Å². The van der Waals surface area contributed by atoms with E-state index in [1.165, 1.54) is 96.3 Å². The fourth-order valence-corrected chi connectivity index (χ4v) is 3.72. The minimum atomic E-state index is -0.368. The van der Waals surface area contributed by atoms with Crippen LogP contribution in [-0.4, -0.2) is 48.8 Å². The second kappa shape index (κ2) is 17.6. The van der Waals surface area contributed by atoms with Gasteiger partial charge in [-0.3, -0.25) is 0 Å². The molecular formula is C22H47ClNO+. The summed E-state index contributed by atoms with van der Waals surface area (Å²) in [5.41, 5.74) is 0. The predicted octanol–water partition coefficient (Wildman–Crippen LogP) is 6.53. The molecule has 1 unspecified atom stereocenters. The molecule has 0 spiro atoms. The molecule has 0 amide bonds. The molecule has 0 aromatic carbocycles. The lowest BCUT2D eigenvalue weighted by Gasteiger charge is -2.31. The molecule has 25 heavy (non-hydrogen) atoms. The van der Waals surface area contributed by atoms with Gasteiger partial charge >= 0.3 is 0 Å². The molecule has 1 atom stereocenters. The van der Waals surface area contributed by atoms with Crippen LogP contribution >= 0.6 is 11.6 Å². The smallest absolute Gasteiger partial charge is 0.116 e. The third kappa shape index (κ3) is 18.8. The van der Waals surface area contributed by atoms with Crippen molar-refractivity contribution < 1.29 is 9.59 Å². The molecule has 0 aromatic heterocycles. The van der Waals surface area contributed by atoms with E-state index in [1.54, 1.807) is 0 Å². The zero-order chi connectivity index (χ0) is 18.8. The number of likely N-dealkylation sites (N-methyl/N-ethyl adjacent to an activating group) is 1. The van der Waals surface area contributed by atoms with E-state index < -0.39 is 0 Å². The van der Waals surface area contributed by atoms with Crippen LogP contribution in [0.5, 0.6) is 0 Å². The molecule has 0 aliphatic heterocycles. The highest BCUT2D eigenvalue weighted by atomic mass is 35.5. The molecule has 1 N–H and O–H groups in total. The fourth-order valence-electron chi connectivity index (χ4n) is 3.62. The average Bonchev–Trinajstić information content (AvgIpc) is 2.57. The van der Waals surface area contributed by atoms with Crippen molar-refractivity contribution in [1.29, 1.82) is 0 Å². The Hall–Kier alpha value is 0.210. The van der Waals surface area contributed by atoms with Gasteiger partial charge in [0, 0.05) is 0 Å². The molecule has 152 valence electrons. The van der Waals surface area contributed by atoms with Gasteiger partial charge in [-0.1, -0.05) is 90.4 Å². The van der Waals surface area contributed by atoms with E-state index in [2.05, 4.69) is 21.0 Å². The molecule has 0 bridgehead atoms. The molecule has 2 nitrogen and oxygen atoms in total. The van der Waals surface area contributed by atoms with Gasteiger partial charge in [-0.05, 0) is 12.8 Å². The van der Waals surface area contributed by atoms with E-state index in [1.807, 2.05) is 0 Å². The van der Waals surface area contributed by atoms with Gasteiger partial charge in [-0.2, -0.15) is 0 Å². The standard InChI is InChI=1S/C22H47ClNO/c1-4-5-6-7-8-9-10-11-12-13-14-15-16-17-18-19-24(2,3)21-22(25)20-23/h22,25H,4-21H2,1-3H3/q+1. The number of hydrogen-bond acceptors (Lipinski definition) is 1. The van der Waals surface area contributed by atoms with Crippen LogP contribution in [0.4, 0.5) is 0 Å².